The molecule has 13 aromatic rings. The van der Waals surface area contributed by atoms with Gasteiger partial charge in [0.05, 0.1) is 36.9 Å². The number of halogens is 5. The van der Waals surface area contributed by atoms with Crippen molar-refractivity contribution in [1.82, 2.24) is 5.32 Å². The van der Waals surface area contributed by atoms with Crippen LogP contribution in [0.25, 0.3) is 0 Å². The predicted molar refractivity (Wildman–Crippen MR) is 600 cm³/mol. The zero-order chi connectivity index (χ0) is 96.4. The summed E-state index contributed by atoms with van der Waals surface area (Å²) in [6.07, 6.45) is 4.44. The van der Waals surface area contributed by atoms with Crippen LogP contribution in [0, 0.1) is 173 Å². The van der Waals surface area contributed by atoms with Crippen LogP contribution in [0.3, 0.4) is 0 Å². The van der Waals surface area contributed by atoms with Crippen molar-refractivity contribution in [3.63, 3.8) is 0 Å². The number of alkyl halides is 2. The van der Waals surface area contributed by atoms with E-state index in [2.05, 4.69) is 377 Å². The number of unbranched alkanes of at least 4 members (excludes halogenated alkanes) is 3. The highest BCUT2D eigenvalue weighted by Crippen LogP contribution is 2.60. The van der Waals surface area contributed by atoms with E-state index in [0.717, 1.165) is 72.1 Å². The highest BCUT2D eigenvalue weighted by molar-refractivity contribution is 9.08. The van der Waals surface area contributed by atoms with Gasteiger partial charge in [0, 0.05) is 28.2 Å². The Hall–Kier alpha value is -6.23. The largest absolute Gasteiger partial charge is 1.00 e. The second kappa shape index (κ2) is 51.6. The Morgan fingerprint density at radius 3 is 0.875 bits per heavy atom. The second-order valence-corrected chi connectivity index (χ2v) is 51.7. The summed E-state index contributed by atoms with van der Waals surface area (Å²) in [6, 6.07) is 72.8. The average Bonchev–Trinajstić information content (AvgIpc) is 0.732. The molecule has 0 fully saturated rings. The highest BCUT2D eigenvalue weighted by Gasteiger charge is 2.51. The van der Waals surface area contributed by atoms with Gasteiger partial charge < -0.3 is 92.5 Å². The maximum atomic E-state index is 13.1. The second-order valence-electron chi connectivity index (χ2n) is 38.6. The molecule has 0 aliphatic rings. The molecule has 0 bridgehead atoms. The van der Waals surface area contributed by atoms with E-state index >= 15 is 0 Å². The Labute approximate surface area is 893 Å². The van der Waals surface area contributed by atoms with Crippen LogP contribution in [0.5, 0.6) is 17.2 Å². The third kappa shape index (κ3) is 27.0. The first-order valence-electron chi connectivity index (χ1n) is 46.5. The van der Waals surface area contributed by atoms with Crippen molar-refractivity contribution in [3.8, 4) is 17.2 Å². The van der Waals surface area contributed by atoms with Crippen molar-refractivity contribution in [2.24, 2.45) is 5.73 Å². The summed E-state index contributed by atoms with van der Waals surface area (Å²) in [4.78, 5) is 0.509. The lowest BCUT2D eigenvalue weighted by atomic mass is 9.77. The lowest BCUT2D eigenvalue weighted by Crippen LogP contribution is -3.00. The van der Waals surface area contributed by atoms with Gasteiger partial charge in [-0.3, -0.25) is 0 Å². The maximum Gasteiger partial charge on any atom is 0.206 e. The van der Waals surface area contributed by atoms with E-state index in [-0.39, 0.29) is 102 Å². The fraction of sp³-hybridized carbons (Fsp3) is 0.355. The minimum absolute atomic E-state index is 0. The molecule has 1 atom stereocenters. The van der Waals surface area contributed by atoms with Gasteiger partial charge in [-0.05, 0) is 382 Å². The van der Waals surface area contributed by atoms with Crippen LogP contribution in [0.1, 0.15) is 221 Å². The number of benzene rings is 13. The molecular weight excluding hydrogens is 2210 g/mol. The van der Waals surface area contributed by atoms with E-state index < -0.39 is 31.6 Å². The van der Waals surface area contributed by atoms with Gasteiger partial charge in [-0.25, -0.2) is 8.42 Å². The summed E-state index contributed by atoms with van der Waals surface area (Å²) in [7, 11) is -7.40. The molecule has 136 heavy (non-hydrogen) atoms. The number of sulfone groups is 1. The van der Waals surface area contributed by atoms with Gasteiger partial charge in [0.15, 0.2) is 0 Å². The normalized spacial score (nSPS) is 11.7. The number of nitrogens with one attached hydrogen (secondary N) is 1. The lowest BCUT2D eigenvalue weighted by Gasteiger charge is -2.31. The van der Waals surface area contributed by atoms with Gasteiger partial charge in [-0.2, -0.15) is 0 Å². The van der Waals surface area contributed by atoms with E-state index in [9.17, 15) is 8.42 Å². The van der Waals surface area contributed by atoms with E-state index in [0.29, 0.717) is 12.3 Å². The topological polar surface area (TPSA) is 90.6 Å². The van der Waals surface area contributed by atoms with Crippen LogP contribution in [0.15, 0.2) is 216 Å². The lowest BCUT2D eigenvalue weighted by molar-refractivity contribution is -0.00100. The van der Waals surface area contributed by atoms with Gasteiger partial charge in [0.2, 0.25) is 9.84 Å². The van der Waals surface area contributed by atoms with Crippen LogP contribution in [-0.2, 0) is 32.5 Å². The molecule has 13 rings (SSSR count). The molecule has 0 saturated carbocycles. The van der Waals surface area contributed by atoms with Crippen molar-refractivity contribution in [2.75, 3.05) is 40.2 Å². The number of rotatable bonds is 26. The molecular formula is C121H156Br2I3N2O4P3S. The number of aryl methyl sites for hydroxylation is 25. The molecule has 6 nitrogen and oxygen atoms in total. The number of hydrogen-bond acceptors (Lipinski definition) is 6. The fourth-order valence-corrected chi connectivity index (χ4v) is 40.3. The summed E-state index contributed by atoms with van der Waals surface area (Å²) in [5, 5.41) is 19.4. The van der Waals surface area contributed by atoms with E-state index in [4.69, 9.17) is 15.2 Å². The quantitative estimate of drug-likeness (QED) is 0.0243. The number of nitrogens with two attached hydrogens (primary N) is 1. The summed E-state index contributed by atoms with van der Waals surface area (Å²) in [5.74, 6) is 2.14. The van der Waals surface area contributed by atoms with Crippen molar-refractivity contribution < 1.29 is 89.8 Å². The monoisotopic (exact) mass is 2360 g/mol. The smallest absolute Gasteiger partial charge is 0.206 e. The zero-order valence-corrected chi connectivity index (χ0v) is 99.0. The predicted octanol–water partition coefficient (Wildman–Crippen LogP) is 19.9. The SMILES string of the molecule is C.C.COc1ccc(C(C)(C)c2ccc(Oc3ccc(S(=O)(=O)c4ccc(C)cc4)cc3)c(CNCCCCCCN)c2)cc1.Cc1cc(C)c([P+](C)(c2c(C)cc(C)cc2C)c2c(C)cc(C)cc2C)c(C)c1.Cc1cc(C)c([P+](C)(c2c(C)cc(C)cc2C)c2c(C)cc(CBr)cc2C)c(C)c1.Cc1cc(C)c([P+](C)(c2c(C)cccc2C)c2c(C)cc(CBr)cc2C)c(C)c1.[I-].[I-].[I-]. The molecule has 0 aromatic heterocycles. The minimum Gasteiger partial charge on any atom is -1.00 e. The van der Waals surface area contributed by atoms with Crippen LogP contribution in [0.2, 0.25) is 0 Å². The third-order valence-corrected chi connectivity index (χ3v) is 44.1. The van der Waals surface area contributed by atoms with Gasteiger partial charge in [0.25, 0.3) is 0 Å². The Morgan fingerprint density at radius 2 is 0.588 bits per heavy atom. The number of hydrogen-bond donors (Lipinski definition) is 2. The fourth-order valence-electron chi connectivity index (χ4n) is 22.5. The standard InChI is InChI=1S/C36H44N2O4S.C28H35BrP.C28H36P.C27H33BrP.2CH4.3HI/c1-27-9-18-33(19-10-27)43(39,40)34-20-16-32(17-21-34)42-35-22-13-30(25-28(35)26-38-24-8-6-5-7-23-37)36(2,3)29-11-14-31(41-4)15-12-29;1-17-10-19(3)26(20(4)11-17)30(9,27-21(5)12-18(2)13-22(27)6)28-23(7)14-25(16-29)15-24(28)8;1-17-11-20(4)26(21(5)12-17)29(10,27-22(6)13-18(2)14-23(27)7)28-24(8)15-19(3)16-25(28)9;1-17-12-20(4)26(21(5)13-17)29(8,25-18(2)10-9-11-19(25)3)27-22(6)14-24(16-28)15-23(27)7;;;;;/h9-22,25,38H,5-8,23-24,26,37H2,1-4H3;10-15H,16H2,1-9H3;11-16H,1-10H3;9-15H,16H2,1-8H3;2*1H4;3*1H/q;3*+1;;;;;/p-3. The van der Waals surface area contributed by atoms with E-state index in [1.165, 1.54) is 156 Å². The van der Waals surface area contributed by atoms with Crippen molar-refractivity contribution >= 4 is 111 Å². The van der Waals surface area contributed by atoms with Crippen molar-refractivity contribution in [2.45, 2.75) is 260 Å². The molecule has 0 aliphatic carbocycles. The first kappa shape index (κ1) is 120. The zero-order valence-electron chi connectivity index (χ0n) is 85.8. The first-order valence-corrected chi connectivity index (χ1v) is 56.9. The van der Waals surface area contributed by atoms with Gasteiger partial charge in [0.1, 0.15) is 86.8 Å². The first-order chi connectivity index (χ1) is 61.7. The minimum atomic E-state index is -3.61. The maximum absolute atomic E-state index is 13.1. The molecule has 3 N–H and O–H groups in total. The van der Waals surface area contributed by atoms with Crippen LogP contribution in [-0.4, -0.2) is 48.6 Å². The molecule has 13 aromatic carbocycles. The highest BCUT2D eigenvalue weighted by atomic mass is 127. The van der Waals surface area contributed by atoms with Gasteiger partial charge >= 0.3 is 0 Å². The summed E-state index contributed by atoms with van der Waals surface area (Å²) < 4.78 is 37.9. The Kier molecular flexibility index (Phi) is 45.7. The van der Waals surface area contributed by atoms with Crippen molar-refractivity contribution in [3.05, 3.63) is 373 Å². The molecule has 730 valence electrons. The Balaban J connectivity index is 0.000000321. The number of methoxy groups -OCH3 is 1. The van der Waals surface area contributed by atoms with E-state index in [1.54, 1.807) is 103 Å². The Morgan fingerprint density at radius 1 is 0.324 bits per heavy atom. The molecule has 0 radical (unpaired) electrons. The van der Waals surface area contributed by atoms with Gasteiger partial charge in [-0.15, -0.1) is 0 Å². The van der Waals surface area contributed by atoms with Crippen LogP contribution in [0.4, 0.5) is 0 Å². The van der Waals surface area contributed by atoms with Crippen LogP contribution < -0.4 is 140 Å². The van der Waals surface area contributed by atoms with Crippen LogP contribution >= 0.6 is 53.6 Å². The van der Waals surface area contributed by atoms with Gasteiger partial charge in [-0.1, -0.05) is 258 Å². The van der Waals surface area contributed by atoms with Crippen molar-refractivity contribution in [1.29, 1.82) is 0 Å². The molecule has 0 heterocycles. The Bertz CT molecular complexity index is 6040. The molecule has 1 unspecified atom stereocenters. The average molecular weight is 2370 g/mol. The number of ether oxygens (including phenoxy) is 2. The molecule has 0 spiro atoms. The molecule has 0 amide bonds. The third-order valence-electron chi connectivity index (χ3n) is 26.6. The molecule has 0 saturated heterocycles. The van der Waals surface area contributed by atoms with E-state index in [1.807, 2.05) is 25.1 Å². The summed E-state index contributed by atoms with van der Waals surface area (Å²) in [5.41, 5.74) is 46.2. The molecule has 15 heteroatoms. The summed E-state index contributed by atoms with van der Waals surface area (Å²) in [6.45, 7) is 71.1. The molecule has 0 aliphatic heterocycles. The summed E-state index contributed by atoms with van der Waals surface area (Å²) >= 11 is 7.32.